The fourth-order valence-corrected chi connectivity index (χ4v) is 8.73. The number of rotatable bonds is 5. The Kier molecular flexibility index (Phi) is 7.26. The van der Waals surface area contributed by atoms with Crippen molar-refractivity contribution in [1.29, 1.82) is 0 Å². The highest BCUT2D eigenvalue weighted by molar-refractivity contribution is 7.59. The molecule has 6 unspecified atom stereocenters. The van der Waals surface area contributed by atoms with E-state index in [1.54, 1.807) is 0 Å². The lowest BCUT2D eigenvalue weighted by Crippen LogP contribution is -2.53. The van der Waals surface area contributed by atoms with E-state index in [1.165, 1.54) is 69.8 Å². The predicted octanol–water partition coefficient (Wildman–Crippen LogP) is 8.20. The SMILES string of the molecule is C=C(CCCC1CCC2C3=C(CCC12C)C1(C)CCC(O)C(C)(C)C1CC3)C(C)C.S. The van der Waals surface area contributed by atoms with Gasteiger partial charge in [0.05, 0.1) is 6.10 Å². The molecule has 4 aliphatic rings. The van der Waals surface area contributed by atoms with Crippen molar-refractivity contribution in [2.45, 2.75) is 118 Å². The largest absolute Gasteiger partial charge is 0.393 e. The average molecular weight is 447 g/mol. The molecule has 0 aliphatic heterocycles. The molecule has 0 saturated heterocycles. The van der Waals surface area contributed by atoms with Gasteiger partial charge in [-0.3, -0.25) is 0 Å². The fourth-order valence-electron chi connectivity index (χ4n) is 8.73. The van der Waals surface area contributed by atoms with Crippen LogP contribution in [0.2, 0.25) is 0 Å². The molecule has 178 valence electrons. The first-order valence-electron chi connectivity index (χ1n) is 13.1. The Hall–Kier alpha value is -0.210. The molecule has 31 heavy (non-hydrogen) atoms. The fraction of sp³-hybridized carbons (Fsp3) is 0.862. The van der Waals surface area contributed by atoms with Crippen molar-refractivity contribution in [3.05, 3.63) is 23.3 Å². The van der Waals surface area contributed by atoms with E-state index < -0.39 is 0 Å². The summed E-state index contributed by atoms with van der Waals surface area (Å²) in [7, 11) is 0. The number of fused-ring (bicyclic) bond motifs is 4. The van der Waals surface area contributed by atoms with Gasteiger partial charge >= 0.3 is 0 Å². The lowest BCUT2D eigenvalue weighted by atomic mass is 9.46. The number of hydrogen-bond acceptors (Lipinski definition) is 1. The summed E-state index contributed by atoms with van der Waals surface area (Å²) >= 11 is 0. The third-order valence-corrected chi connectivity index (χ3v) is 11.0. The number of hydrogen-bond donors (Lipinski definition) is 1. The Morgan fingerprint density at radius 1 is 1.03 bits per heavy atom. The van der Waals surface area contributed by atoms with Gasteiger partial charge in [0.25, 0.3) is 0 Å². The summed E-state index contributed by atoms with van der Waals surface area (Å²) < 4.78 is 0. The van der Waals surface area contributed by atoms with Gasteiger partial charge in [0.2, 0.25) is 0 Å². The maximum Gasteiger partial charge on any atom is 0.0594 e. The quantitative estimate of drug-likeness (QED) is 0.422. The molecule has 0 spiro atoms. The highest BCUT2D eigenvalue weighted by Crippen LogP contribution is 2.67. The Balaban J connectivity index is 0.00000272. The van der Waals surface area contributed by atoms with Gasteiger partial charge in [-0.25, -0.2) is 0 Å². The zero-order valence-corrected chi connectivity index (χ0v) is 22.3. The molecule has 0 radical (unpaired) electrons. The Morgan fingerprint density at radius 3 is 2.42 bits per heavy atom. The van der Waals surface area contributed by atoms with Crippen LogP contribution in [0.5, 0.6) is 0 Å². The number of aliphatic hydroxyl groups is 1. The minimum Gasteiger partial charge on any atom is -0.393 e. The highest BCUT2D eigenvalue weighted by atomic mass is 32.1. The van der Waals surface area contributed by atoms with Gasteiger partial charge in [0.15, 0.2) is 0 Å². The van der Waals surface area contributed by atoms with E-state index in [1.807, 2.05) is 11.1 Å². The van der Waals surface area contributed by atoms with Crippen molar-refractivity contribution in [3.8, 4) is 0 Å². The summed E-state index contributed by atoms with van der Waals surface area (Å²) in [6, 6.07) is 0. The van der Waals surface area contributed by atoms with Crippen molar-refractivity contribution in [2.75, 3.05) is 0 Å². The molecule has 0 aromatic carbocycles. The van der Waals surface area contributed by atoms with Crippen molar-refractivity contribution in [2.24, 2.45) is 39.9 Å². The molecule has 2 heteroatoms. The maximum absolute atomic E-state index is 10.7. The molecular weight excluding hydrogens is 396 g/mol. The molecule has 0 bridgehead atoms. The summed E-state index contributed by atoms with van der Waals surface area (Å²) in [5.74, 6) is 3.03. The van der Waals surface area contributed by atoms with Crippen molar-refractivity contribution in [3.63, 3.8) is 0 Å². The molecule has 0 aromatic rings. The standard InChI is InChI=1S/C29H48O.H2S/c1-19(2)20(3)9-8-10-21-11-13-23-22-12-14-25-27(4,5)26(30)16-18-29(25,7)24(22)15-17-28(21,23)6;/h19,21,23,25-26,30H,3,8-18H2,1-2,4-7H3;1H2. The zero-order chi connectivity index (χ0) is 21.9. The van der Waals surface area contributed by atoms with Crippen molar-refractivity contribution < 1.29 is 5.11 Å². The molecule has 1 nitrogen and oxygen atoms in total. The van der Waals surface area contributed by atoms with E-state index in [9.17, 15) is 5.11 Å². The minimum atomic E-state index is -0.122. The van der Waals surface area contributed by atoms with Gasteiger partial charge < -0.3 is 5.11 Å². The molecule has 0 heterocycles. The third kappa shape index (κ3) is 4.01. The van der Waals surface area contributed by atoms with Crippen LogP contribution < -0.4 is 0 Å². The average Bonchev–Trinajstić information content (AvgIpc) is 3.01. The van der Waals surface area contributed by atoms with Crippen LogP contribution >= 0.6 is 13.5 Å². The highest BCUT2D eigenvalue weighted by Gasteiger charge is 2.58. The van der Waals surface area contributed by atoms with E-state index in [0.717, 1.165) is 18.3 Å². The van der Waals surface area contributed by atoms with E-state index >= 15 is 0 Å². The first-order valence-corrected chi connectivity index (χ1v) is 13.1. The summed E-state index contributed by atoms with van der Waals surface area (Å²) in [5.41, 5.74) is 6.12. The second-order valence-electron chi connectivity index (χ2n) is 12.9. The smallest absolute Gasteiger partial charge is 0.0594 e. The minimum absolute atomic E-state index is 0. The first kappa shape index (κ1) is 25.4. The topological polar surface area (TPSA) is 20.2 Å². The van der Waals surface area contributed by atoms with Gasteiger partial charge in [0.1, 0.15) is 0 Å². The summed E-state index contributed by atoms with van der Waals surface area (Å²) in [5, 5.41) is 10.7. The van der Waals surface area contributed by atoms with Crippen LogP contribution in [0, 0.1) is 39.9 Å². The molecule has 6 atom stereocenters. The summed E-state index contributed by atoms with van der Waals surface area (Å²) in [4.78, 5) is 0. The molecule has 2 saturated carbocycles. The molecular formula is C29H50OS. The van der Waals surface area contributed by atoms with Crippen LogP contribution in [0.25, 0.3) is 0 Å². The van der Waals surface area contributed by atoms with Gasteiger partial charge in [-0.05, 0) is 111 Å². The normalized spacial score (nSPS) is 41.3. The first-order chi connectivity index (χ1) is 14.0. The van der Waals surface area contributed by atoms with Crippen molar-refractivity contribution in [1.82, 2.24) is 0 Å². The molecule has 4 rings (SSSR count). The van der Waals surface area contributed by atoms with Crippen LogP contribution in [-0.2, 0) is 0 Å². The summed E-state index contributed by atoms with van der Waals surface area (Å²) in [6.07, 6.45) is 14.2. The van der Waals surface area contributed by atoms with Crippen molar-refractivity contribution >= 4 is 13.5 Å². The predicted molar refractivity (Wildman–Crippen MR) is 139 cm³/mol. The lowest BCUT2D eigenvalue weighted by molar-refractivity contribution is -0.0928. The Bertz CT molecular complexity index is 718. The Morgan fingerprint density at radius 2 is 1.74 bits per heavy atom. The second kappa shape index (κ2) is 8.86. The van der Waals surface area contributed by atoms with E-state index in [0.29, 0.717) is 22.7 Å². The lowest BCUT2D eigenvalue weighted by Gasteiger charge is -2.59. The molecule has 0 amide bonds. The van der Waals surface area contributed by atoms with Crippen LogP contribution in [0.3, 0.4) is 0 Å². The zero-order valence-electron chi connectivity index (χ0n) is 21.3. The third-order valence-electron chi connectivity index (χ3n) is 11.0. The monoisotopic (exact) mass is 446 g/mol. The van der Waals surface area contributed by atoms with E-state index in [2.05, 4.69) is 48.1 Å². The summed E-state index contributed by atoms with van der Waals surface area (Å²) in [6.45, 7) is 18.8. The van der Waals surface area contributed by atoms with Gasteiger partial charge in [-0.1, -0.05) is 64.8 Å². The second-order valence-corrected chi connectivity index (χ2v) is 12.9. The molecule has 0 aromatic heterocycles. The number of allylic oxidation sites excluding steroid dienone is 3. The van der Waals surface area contributed by atoms with Crippen LogP contribution in [0.1, 0.15) is 112 Å². The van der Waals surface area contributed by atoms with Gasteiger partial charge in [0, 0.05) is 0 Å². The van der Waals surface area contributed by atoms with E-state index in [4.69, 9.17) is 0 Å². The van der Waals surface area contributed by atoms with Crippen LogP contribution in [0.4, 0.5) is 0 Å². The van der Waals surface area contributed by atoms with Gasteiger partial charge in [-0.15, -0.1) is 0 Å². The van der Waals surface area contributed by atoms with Gasteiger partial charge in [-0.2, -0.15) is 13.5 Å². The maximum atomic E-state index is 10.7. The molecule has 1 N–H and O–H groups in total. The number of aliphatic hydroxyl groups excluding tert-OH is 1. The van der Waals surface area contributed by atoms with Crippen LogP contribution in [-0.4, -0.2) is 11.2 Å². The Labute approximate surface area is 200 Å². The molecule has 4 aliphatic carbocycles. The van der Waals surface area contributed by atoms with Crippen LogP contribution in [0.15, 0.2) is 23.3 Å². The molecule has 2 fully saturated rings. The van der Waals surface area contributed by atoms with E-state index in [-0.39, 0.29) is 25.0 Å².